The van der Waals surface area contributed by atoms with E-state index in [0.717, 1.165) is 10.2 Å². The number of nitrogens with zero attached hydrogens (tertiary/aromatic N) is 1. The van der Waals surface area contributed by atoms with Crippen LogP contribution in [0.25, 0.3) is 0 Å². The van der Waals surface area contributed by atoms with Gasteiger partial charge in [-0.2, -0.15) is 5.26 Å². The molecule has 0 aliphatic rings. The van der Waals surface area contributed by atoms with Gasteiger partial charge in [-0.05, 0) is 32.0 Å². The highest BCUT2D eigenvalue weighted by molar-refractivity contribution is 9.10. The number of hydrogen-bond donors (Lipinski definition) is 2. The normalized spacial score (nSPS) is 10.7. The number of primary amides is 1. The van der Waals surface area contributed by atoms with Crippen molar-refractivity contribution >= 4 is 27.5 Å². The summed E-state index contributed by atoms with van der Waals surface area (Å²) >= 11 is 3.32. The fraction of sp³-hybridized carbons (Fsp3) is 0.333. The minimum Gasteiger partial charge on any atom is -0.384 e. The highest BCUT2D eigenvalue weighted by Crippen LogP contribution is 2.21. The summed E-state index contributed by atoms with van der Waals surface area (Å²) in [5.41, 5.74) is 5.99. The lowest BCUT2D eigenvalue weighted by Crippen LogP contribution is -2.37. The van der Waals surface area contributed by atoms with E-state index in [1.807, 2.05) is 6.07 Å². The predicted octanol–water partition coefficient (Wildman–Crippen LogP) is 2.24. The zero-order chi connectivity index (χ0) is 13.1. The van der Waals surface area contributed by atoms with Crippen molar-refractivity contribution in [2.24, 2.45) is 11.1 Å². The number of anilines is 1. The summed E-state index contributed by atoms with van der Waals surface area (Å²) in [6.07, 6.45) is 0. The number of nitrogens with two attached hydrogens (primary N) is 1. The molecule has 17 heavy (non-hydrogen) atoms. The molecule has 1 amide bonds. The standard InChI is InChI=1S/C12H14BrN3O/c1-12(2,11(15)17)7-16-10-4-8(6-14)3-9(13)5-10/h3-5,16H,7H2,1-2H3,(H2,15,17). The Morgan fingerprint density at radius 3 is 2.71 bits per heavy atom. The van der Waals surface area contributed by atoms with E-state index >= 15 is 0 Å². The number of halogens is 1. The van der Waals surface area contributed by atoms with Gasteiger partial charge < -0.3 is 11.1 Å². The van der Waals surface area contributed by atoms with Gasteiger partial charge in [0, 0.05) is 16.7 Å². The number of nitriles is 1. The van der Waals surface area contributed by atoms with E-state index in [1.165, 1.54) is 0 Å². The molecule has 1 aromatic rings. The maximum atomic E-state index is 11.2. The molecule has 3 N–H and O–H groups in total. The van der Waals surface area contributed by atoms with E-state index in [9.17, 15) is 4.79 Å². The van der Waals surface area contributed by atoms with Crippen molar-refractivity contribution in [1.82, 2.24) is 0 Å². The van der Waals surface area contributed by atoms with Crippen molar-refractivity contribution in [3.8, 4) is 6.07 Å². The van der Waals surface area contributed by atoms with Gasteiger partial charge in [-0.15, -0.1) is 0 Å². The largest absolute Gasteiger partial charge is 0.384 e. The minimum atomic E-state index is -0.630. The maximum absolute atomic E-state index is 11.2. The molecule has 90 valence electrons. The van der Waals surface area contributed by atoms with Crippen molar-refractivity contribution in [3.05, 3.63) is 28.2 Å². The zero-order valence-electron chi connectivity index (χ0n) is 9.75. The molecule has 0 spiro atoms. The van der Waals surface area contributed by atoms with Crippen LogP contribution in [-0.2, 0) is 4.79 Å². The summed E-state index contributed by atoms with van der Waals surface area (Å²) in [4.78, 5) is 11.2. The van der Waals surface area contributed by atoms with E-state index in [-0.39, 0.29) is 5.91 Å². The van der Waals surface area contributed by atoms with Crippen LogP contribution in [0.3, 0.4) is 0 Å². The SMILES string of the molecule is CC(C)(CNc1cc(Br)cc(C#N)c1)C(N)=O. The molecule has 0 aliphatic heterocycles. The van der Waals surface area contributed by atoms with Gasteiger partial charge in [0.05, 0.1) is 17.0 Å². The lowest BCUT2D eigenvalue weighted by molar-refractivity contribution is -0.125. The summed E-state index contributed by atoms with van der Waals surface area (Å²) in [5.74, 6) is -0.361. The number of rotatable bonds is 4. The summed E-state index contributed by atoms with van der Waals surface area (Å²) in [5, 5.41) is 11.9. The van der Waals surface area contributed by atoms with E-state index in [2.05, 4.69) is 27.3 Å². The number of carbonyl (C=O) groups excluding carboxylic acids is 1. The molecule has 0 heterocycles. The van der Waals surface area contributed by atoms with Gasteiger partial charge in [0.1, 0.15) is 0 Å². The average molecular weight is 296 g/mol. The molecule has 0 saturated heterocycles. The average Bonchev–Trinajstić information content (AvgIpc) is 2.25. The molecular weight excluding hydrogens is 282 g/mol. The highest BCUT2D eigenvalue weighted by atomic mass is 79.9. The monoisotopic (exact) mass is 295 g/mol. The number of amides is 1. The quantitative estimate of drug-likeness (QED) is 0.894. The Morgan fingerprint density at radius 2 is 2.18 bits per heavy atom. The molecule has 1 rings (SSSR count). The molecule has 0 aromatic heterocycles. The fourth-order valence-corrected chi connectivity index (χ4v) is 1.66. The minimum absolute atomic E-state index is 0.361. The third-order valence-corrected chi connectivity index (χ3v) is 2.89. The zero-order valence-corrected chi connectivity index (χ0v) is 11.3. The molecule has 0 aliphatic carbocycles. The fourth-order valence-electron chi connectivity index (χ4n) is 1.17. The summed E-state index contributed by atoms with van der Waals surface area (Å²) < 4.78 is 0.816. The third kappa shape index (κ3) is 3.75. The van der Waals surface area contributed by atoms with Gasteiger partial charge in [0.15, 0.2) is 0 Å². The number of benzene rings is 1. The second-order valence-corrected chi connectivity index (χ2v) is 5.36. The first kappa shape index (κ1) is 13.5. The third-order valence-electron chi connectivity index (χ3n) is 2.43. The first-order chi connectivity index (χ1) is 7.85. The van der Waals surface area contributed by atoms with Crippen LogP contribution in [0, 0.1) is 16.7 Å². The van der Waals surface area contributed by atoms with Gasteiger partial charge in [-0.1, -0.05) is 15.9 Å². The van der Waals surface area contributed by atoms with E-state index in [4.69, 9.17) is 11.0 Å². The van der Waals surface area contributed by atoms with Crippen LogP contribution >= 0.6 is 15.9 Å². The summed E-state index contributed by atoms with van der Waals surface area (Å²) in [6, 6.07) is 7.36. The van der Waals surface area contributed by atoms with Crippen LogP contribution < -0.4 is 11.1 Å². The lowest BCUT2D eigenvalue weighted by Gasteiger charge is -2.21. The number of hydrogen-bond acceptors (Lipinski definition) is 3. The second-order valence-electron chi connectivity index (χ2n) is 4.44. The van der Waals surface area contributed by atoms with Gasteiger partial charge >= 0.3 is 0 Å². The van der Waals surface area contributed by atoms with Gasteiger partial charge in [0.2, 0.25) is 5.91 Å². The van der Waals surface area contributed by atoms with Crippen molar-refractivity contribution in [1.29, 1.82) is 5.26 Å². The molecular formula is C12H14BrN3O. The Balaban J connectivity index is 2.80. The lowest BCUT2D eigenvalue weighted by atomic mass is 9.92. The van der Waals surface area contributed by atoms with Gasteiger partial charge in [0.25, 0.3) is 0 Å². The second kappa shape index (κ2) is 5.19. The molecule has 0 radical (unpaired) electrons. The predicted molar refractivity (Wildman–Crippen MR) is 70.3 cm³/mol. The number of carbonyl (C=O) groups is 1. The topological polar surface area (TPSA) is 78.9 Å². The van der Waals surface area contributed by atoms with Crippen LogP contribution in [0.5, 0.6) is 0 Å². The summed E-state index contributed by atoms with van der Waals surface area (Å²) in [6.45, 7) is 3.96. The van der Waals surface area contributed by atoms with Crippen LogP contribution in [0.1, 0.15) is 19.4 Å². The van der Waals surface area contributed by atoms with Crippen molar-refractivity contribution < 1.29 is 4.79 Å². The first-order valence-corrected chi connectivity index (χ1v) is 5.89. The summed E-state index contributed by atoms with van der Waals surface area (Å²) in [7, 11) is 0. The van der Waals surface area contributed by atoms with Gasteiger partial charge in [-0.3, -0.25) is 4.79 Å². The highest BCUT2D eigenvalue weighted by Gasteiger charge is 2.24. The molecule has 0 atom stereocenters. The smallest absolute Gasteiger partial charge is 0.224 e. The van der Waals surface area contributed by atoms with E-state index in [0.29, 0.717) is 12.1 Å². The Kier molecular flexibility index (Phi) is 4.13. The Morgan fingerprint density at radius 1 is 1.53 bits per heavy atom. The van der Waals surface area contributed by atoms with Crippen LogP contribution in [0.4, 0.5) is 5.69 Å². The van der Waals surface area contributed by atoms with Crippen molar-refractivity contribution in [2.75, 3.05) is 11.9 Å². The molecule has 1 aromatic carbocycles. The molecule has 0 saturated carbocycles. The number of nitrogens with one attached hydrogen (secondary N) is 1. The molecule has 0 bridgehead atoms. The molecule has 0 fully saturated rings. The van der Waals surface area contributed by atoms with Crippen LogP contribution in [0.2, 0.25) is 0 Å². The van der Waals surface area contributed by atoms with E-state index < -0.39 is 5.41 Å². The van der Waals surface area contributed by atoms with Crippen molar-refractivity contribution in [3.63, 3.8) is 0 Å². The van der Waals surface area contributed by atoms with Crippen LogP contribution in [-0.4, -0.2) is 12.5 Å². The van der Waals surface area contributed by atoms with Gasteiger partial charge in [-0.25, -0.2) is 0 Å². The van der Waals surface area contributed by atoms with E-state index in [1.54, 1.807) is 26.0 Å². The first-order valence-electron chi connectivity index (χ1n) is 5.09. The molecule has 4 nitrogen and oxygen atoms in total. The van der Waals surface area contributed by atoms with Crippen LogP contribution in [0.15, 0.2) is 22.7 Å². The molecule has 0 unspecified atom stereocenters. The Labute approximate surface area is 109 Å². The maximum Gasteiger partial charge on any atom is 0.224 e. The Hall–Kier alpha value is -1.54. The Bertz CT molecular complexity index is 477. The van der Waals surface area contributed by atoms with Crippen molar-refractivity contribution in [2.45, 2.75) is 13.8 Å². The molecule has 5 heteroatoms.